The second-order valence-corrected chi connectivity index (χ2v) is 7.97. The van der Waals surface area contributed by atoms with E-state index in [1.54, 1.807) is 0 Å². The van der Waals surface area contributed by atoms with Gasteiger partial charge in [-0.05, 0) is 48.7 Å². The Labute approximate surface area is 150 Å². The zero-order chi connectivity index (χ0) is 18.7. The van der Waals surface area contributed by atoms with E-state index < -0.39 is 26.6 Å². The van der Waals surface area contributed by atoms with Gasteiger partial charge in [0.1, 0.15) is 16.5 Å². The van der Waals surface area contributed by atoms with E-state index in [0.29, 0.717) is 18.7 Å². The van der Waals surface area contributed by atoms with Crippen LogP contribution in [0.2, 0.25) is 0 Å². The fourth-order valence-corrected chi connectivity index (χ4v) is 4.40. The third kappa shape index (κ3) is 3.91. The molecule has 0 aliphatic carbocycles. The zero-order valence-electron chi connectivity index (χ0n) is 13.9. The molecular weight excluding hydrogens is 362 g/mol. The fraction of sp³-hybridized carbons (Fsp3) is 0.278. The van der Waals surface area contributed by atoms with Gasteiger partial charge in [0.15, 0.2) is 0 Å². The molecule has 0 saturated carbocycles. The lowest BCUT2D eigenvalue weighted by molar-refractivity contribution is 0.0950. The van der Waals surface area contributed by atoms with Crippen molar-refractivity contribution in [2.75, 3.05) is 13.1 Å². The molecular formula is C18H18F2N2O3S. The Morgan fingerprint density at radius 2 is 1.69 bits per heavy atom. The summed E-state index contributed by atoms with van der Waals surface area (Å²) in [6, 6.07) is 8.89. The van der Waals surface area contributed by atoms with Crippen molar-refractivity contribution in [2.45, 2.75) is 24.3 Å². The molecule has 26 heavy (non-hydrogen) atoms. The number of hydrogen-bond donors (Lipinski definition) is 1. The van der Waals surface area contributed by atoms with Crippen LogP contribution in [0, 0.1) is 11.6 Å². The summed E-state index contributed by atoms with van der Waals surface area (Å²) in [5.41, 5.74) is 0.734. The molecule has 138 valence electrons. The molecule has 0 atom stereocenters. The fourth-order valence-electron chi connectivity index (χ4n) is 2.80. The molecule has 1 aliphatic rings. The van der Waals surface area contributed by atoms with E-state index in [1.807, 2.05) is 0 Å². The highest BCUT2D eigenvalue weighted by molar-refractivity contribution is 7.89. The Balaban J connectivity index is 1.78. The van der Waals surface area contributed by atoms with Gasteiger partial charge in [0, 0.05) is 25.2 Å². The van der Waals surface area contributed by atoms with Gasteiger partial charge in [-0.2, -0.15) is 4.31 Å². The maximum absolute atomic E-state index is 14.1. The zero-order valence-corrected chi connectivity index (χ0v) is 14.7. The van der Waals surface area contributed by atoms with Crippen molar-refractivity contribution in [2.24, 2.45) is 0 Å². The van der Waals surface area contributed by atoms with Gasteiger partial charge in [0.25, 0.3) is 5.91 Å². The number of nitrogens with one attached hydrogen (secondary N) is 1. The molecule has 0 aromatic heterocycles. The SMILES string of the molecule is O=C(NCc1ccc(F)cc1)c1ccc(F)c(S(=O)(=O)N2CCCC2)c1. The first-order valence-electron chi connectivity index (χ1n) is 8.20. The Morgan fingerprint density at radius 1 is 1.04 bits per heavy atom. The molecule has 1 N–H and O–H groups in total. The molecule has 1 fully saturated rings. The monoisotopic (exact) mass is 380 g/mol. The molecule has 0 bridgehead atoms. The summed E-state index contributed by atoms with van der Waals surface area (Å²) < 4.78 is 53.3. The van der Waals surface area contributed by atoms with E-state index in [9.17, 15) is 22.0 Å². The lowest BCUT2D eigenvalue weighted by atomic mass is 10.2. The third-order valence-corrected chi connectivity index (χ3v) is 6.16. The molecule has 1 saturated heterocycles. The van der Waals surface area contributed by atoms with Gasteiger partial charge in [0.05, 0.1) is 0 Å². The van der Waals surface area contributed by atoms with Crippen LogP contribution in [-0.4, -0.2) is 31.7 Å². The number of nitrogens with zero attached hydrogens (tertiary/aromatic N) is 1. The maximum Gasteiger partial charge on any atom is 0.251 e. The molecule has 0 spiro atoms. The van der Waals surface area contributed by atoms with Crippen molar-refractivity contribution in [1.29, 1.82) is 0 Å². The Hall–Kier alpha value is -2.32. The van der Waals surface area contributed by atoms with Crippen LogP contribution in [-0.2, 0) is 16.6 Å². The van der Waals surface area contributed by atoms with E-state index in [-0.39, 0.29) is 17.9 Å². The summed E-state index contributed by atoms with van der Waals surface area (Å²) in [7, 11) is -3.96. The largest absolute Gasteiger partial charge is 0.348 e. The van der Waals surface area contributed by atoms with E-state index in [4.69, 9.17) is 0 Å². The third-order valence-electron chi connectivity index (χ3n) is 4.24. The van der Waals surface area contributed by atoms with E-state index in [2.05, 4.69) is 5.32 Å². The highest BCUT2D eigenvalue weighted by Crippen LogP contribution is 2.24. The van der Waals surface area contributed by atoms with Crippen LogP contribution in [0.3, 0.4) is 0 Å². The molecule has 1 amide bonds. The number of halogens is 2. The van der Waals surface area contributed by atoms with E-state index in [0.717, 1.165) is 25.0 Å². The normalized spacial score (nSPS) is 15.2. The predicted molar refractivity (Wildman–Crippen MR) is 92.0 cm³/mol. The van der Waals surface area contributed by atoms with Crippen molar-refractivity contribution in [3.63, 3.8) is 0 Å². The van der Waals surface area contributed by atoms with Crippen molar-refractivity contribution >= 4 is 15.9 Å². The van der Waals surface area contributed by atoms with E-state index in [1.165, 1.54) is 34.6 Å². The minimum atomic E-state index is -3.96. The number of sulfonamides is 1. The Kier molecular flexibility index (Phi) is 5.33. The standard InChI is InChI=1S/C18H18F2N2O3S/c19-15-6-3-13(4-7-15)12-21-18(23)14-5-8-16(20)17(11-14)26(24,25)22-9-1-2-10-22/h3-8,11H,1-2,9-10,12H2,(H,21,23). The smallest absolute Gasteiger partial charge is 0.251 e. The number of benzene rings is 2. The highest BCUT2D eigenvalue weighted by Gasteiger charge is 2.30. The highest BCUT2D eigenvalue weighted by atomic mass is 32.2. The van der Waals surface area contributed by atoms with Gasteiger partial charge in [-0.15, -0.1) is 0 Å². The quantitative estimate of drug-likeness (QED) is 0.867. The van der Waals surface area contributed by atoms with Crippen LogP contribution in [0.25, 0.3) is 0 Å². The number of carbonyl (C=O) groups is 1. The molecule has 5 nitrogen and oxygen atoms in total. The topological polar surface area (TPSA) is 66.5 Å². The van der Waals surface area contributed by atoms with Crippen molar-refractivity contribution in [1.82, 2.24) is 9.62 Å². The van der Waals surface area contributed by atoms with Crippen molar-refractivity contribution in [3.8, 4) is 0 Å². The number of carbonyl (C=O) groups excluding carboxylic acids is 1. The average Bonchev–Trinajstić information content (AvgIpc) is 3.17. The van der Waals surface area contributed by atoms with Gasteiger partial charge in [0.2, 0.25) is 10.0 Å². The Morgan fingerprint density at radius 3 is 2.35 bits per heavy atom. The summed E-state index contributed by atoms with van der Waals surface area (Å²) in [5.74, 6) is -1.80. The van der Waals surface area contributed by atoms with Crippen molar-refractivity contribution < 1.29 is 22.0 Å². The first kappa shape index (κ1) is 18.5. The summed E-state index contributed by atoms with van der Waals surface area (Å²) in [4.78, 5) is 11.8. The summed E-state index contributed by atoms with van der Waals surface area (Å²) in [5, 5.41) is 2.61. The molecule has 2 aromatic carbocycles. The molecule has 1 heterocycles. The van der Waals surface area contributed by atoms with Crippen LogP contribution in [0.15, 0.2) is 47.4 Å². The van der Waals surface area contributed by atoms with Gasteiger partial charge >= 0.3 is 0 Å². The number of rotatable bonds is 5. The van der Waals surface area contributed by atoms with Gasteiger partial charge in [-0.3, -0.25) is 4.79 Å². The van der Waals surface area contributed by atoms with Gasteiger partial charge in [-0.1, -0.05) is 12.1 Å². The summed E-state index contributed by atoms with van der Waals surface area (Å²) >= 11 is 0. The van der Waals surface area contributed by atoms with Gasteiger partial charge < -0.3 is 5.32 Å². The van der Waals surface area contributed by atoms with Crippen LogP contribution < -0.4 is 5.32 Å². The van der Waals surface area contributed by atoms with Crippen LogP contribution >= 0.6 is 0 Å². The molecule has 1 aliphatic heterocycles. The first-order chi connectivity index (χ1) is 12.4. The summed E-state index contributed by atoms with van der Waals surface area (Å²) in [6.45, 7) is 0.843. The van der Waals surface area contributed by atoms with Crippen LogP contribution in [0.1, 0.15) is 28.8 Å². The molecule has 0 radical (unpaired) electrons. The van der Waals surface area contributed by atoms with Crippen LogP contribution in [0.4, 0.5) is 8.78 Å². The predicted octanol–water partition coefficient (Wildman–Crippen LogP) is 2.68. The first-order valence-corrected chi connectivity index (χ1v) is 9.64. The number of hydrogen-bond acceptors (Lipinski definition) is 3. The van der Waals surface area contributed by atoms with Crippen molar-refractivity contribution in [3.05, 3.63) is 65.2 Å². The lowest BCUT2D eigenvalue weighted by Crippen LogP contribution is -2.29. The second-order valence-electron chi connectivity index (χ2n) is 6.07. The average molecular weight is 380 g/mol. The van der Waals surface area contributed by atoms with Crippen LogP contribution in [0.5, 0.6) is 0 Å². The van der Waals surface area contributed by atoms with Gasteiger partial charge in [-0.25, -0.2) is 17.2 Å². The molecule has 2 aromatic rings. The molecule has 3 rings (SSSR count). The second kappa shape index (κ2) is 7.51. The molecule has 0 unspecified atom stereocenters. The molecule has 8 heteroatoms. The maximum atomic E-state index is 14.1. The lowest BCUT2D eigenvalue weighted by Gasteiger charge is -2.16. The minimum Gasteiger partial charge on any atom is -0.348 e. The number of amides is 1. The summed E-state index contributed by atoms with van der Waals surface area (Å²) in [6.07, 6.45) is 1.47. The Bertz CT molecular complexity index is 909. The minimum absolute atomic E-state index is 0.0475. The van der Waals surface area contributed by atoms with E-state index >= 15 is 0 Å².